The van der Waals surface area contributed by atoms with Gasteiger partial charge in [0.1, 0.15) is 0 Å². The number of likely N-dealkylation sites (tertiary alicyclic amines) is 2. The molecule has 0 unspecified atom stereocenters. The van der Waals surface area contributed by atoms with Crippen molar-refractivity contribution in [3.63, 3.8) is 0 Å². The predicted molar refractivity (Wildman–Crippen MR) is 121 cm³/mol. The van der Waals surface area contributed by atoms with Crippen molar-refractivity contribution >= 4 is 11.8 Å². The molecule has 1 spiro atoms. The lowest BCUT2D eigenvalue weighted by atomic mass is 9.68. The number of nitrogens with zero attached hydrogens (tertiary/aromatic N) is 2. The number of amides is 2. The molecule has 3 aliphatic rings. The summed E-state index contributed by atoms with van der Waals surface area (Å²) in [4.78, 5) is 30.8. The van der Waals surface area contributed by atoms with Crippen LogP contribution in [0.4, 0.5) is 0 Å². The maximum absolute atomic E-state index is 14.0. The lowest BCUT2D eigenvalue weighted by molar-refractivity contribution is -0.152. The van der Waals surface area contributed by atoms with E-state index >= 15 is 0 Å². The van der Waals surface area contributed by atoms with Crippen LogP contribution in [0.5, 0.6) is 0 Å². The number of hydrogen-bond donors (Lipinski definition) is 1. The molecule has 0 bridgehead atoms. The Hall–Kier alpha value is -2.66. The van der Waals surface area contributed by atoms with Crippen LogP contribution in [0.25, 0.3) is 0 Å². The van der Waals surface area contributed by atoms with Crippen molar-refractivity contribution < 1.29 is 9.59 Å². The van der Waals surface area contributed by atoms with Gasteiger partial charge in [-0.15, -0.1) is 0 Å². The van der Waals surface area contributed by atoms with Crippen molar-refractivity contribution in [1.29, 1.82) is 0 Å². The quantitative estimate of drug-likeness (QED) is 0.832. The first kappa shape index (κ1) is 20.3. The molecule has 5 nitrogen and oxygen atoms in total. The minimum absolute atomic E-state index is 0.0570. The zero-order valence-electron chi connectivity index (χ0n) is 18.1. The molecular formula is C26H31N3O2. The van der Waals surface area contributed by atoms with Gasteiger partial charge in [0.25, 0.3) is 0 Å². The van der Waals surface area contributed by atoms with E-state index in [-0.39, 0.29) is 18.4 Å². The van der Waals surface area contributed by atoms with E-state index in [1.807, 2.05) is 65.6 Å². The first-order chi connectivity index (χ1) is 15.1. The van der Waals surface area contributed by atoms with Crippen LogP contribution in [0.1, 0.15) is 36.8 Å². The van der Waals surface area contributed by atoms with Gasteiger partial charge in [-0.1, -0.05) is 60.7 Å². The van der Waals surface area contributed by atoms with Crippen LogP contribution in [0.3, 0.4) is 0 Å². The highest BCUT2D eigenvalue weighted by Gasteiger charge is 2.49. The third-order valence-electron chi connectivity index (χ3n) is 7.56. The lowest BCUT2D eigenvalue weighted by Crippen LogP contribution is -2.63. The average molecular weight is 418 g/mol. The Kier molecular flexibility index (Phi) is 5.30. The second kappa shape index (κ2) is 8.12. The maximum Gasteiger partial charge on any atom is 0.242 e. The molecule has 5 rings (SSSR count). The summed E-state index contributed by atoms with van der Waals surface area (Å²) in [6, 6.07) is 20.1. The van der Waals surface area contributed by atoms with Crippen molar-refractivity contribution in [2.75, 3.05) is 39.3 Å². The number of nitrogens with one attached hydrogen (secondary N) is 1. The van der Waals surface area contributed by atoms with Gasteiger partial charge in [-0.2, -0.15) is 0 Å². The number of rotatable bonds is 4. The molecule has 3 aliphatic heterocycles. The smallest absolute Gasteiger partial charge is 0.242 e. The van der Waals surface area contributed by atoms with Crippen molar-refractivity contribution in [2.45, 2.75) is 31.1 Å². The van der Waals surface area contributed by atoms with E-state index in [0.29, 0.717) is 12.0 Å². The summed E-state index contributed by atoms with van der Waals surface area (Å²) in [5.41, 5.74) is 1.62. The Morgan fingerprint density at radius 3 is 2.03 bits per heavy atom. The van der Waals surface area contributed by atoms with Crippen LogP contribution in [0.15, 0.2) is 60.7 Å². The normalized spacial score (nSPS) is 22.3. The molecule has 0 radical (unpaired) electrons. The van der Waals surface area contributed by atoms with E-state index in [4.69, 9.17) is 0 Å². The molecule has 162 valence electrons. The highest BCUT2D eigenvalue weighted by molar-refractivity contribution is 5.95. The fourth-order valence-corrected chi connectivity index (χ4v) is 5.79. The Labute approximate surface area is 184 Å². The SMILES string of the molecule is O=C(CN1CCCC(c2ccccc2)(c2ccccc2)C1=O)N1CC2(CCNCC2)C1. The largest absolute Gasteiger partial charge is 0.340 e. The zero-order valence-corrected chi connectivity index (χ0v) is 18.1. The molecule has 0 atom stereocenters. The lowest BCUT2D eigenvalue weighted by Gasteiger charge is -2.53. The Balaban J connectivity index is 1.36. The Morgan fingerprint density at radius 2 is 1.45 bits per heavy atom. The number of carbonyl (C=O) groups excluding carboxylic acids is 2. The monoisotopic (exact) mass is 417 g/mol. The summed E-state index contributed by atoms with van der Waals surface area (Å²) in [5, 5.41) is 3.41. The van der Waals surface area contributed by atoms with Crippen LogP contribution in [0.2, 0.25) is 0 Å². The van der Waals surface area contributed by atoms with E-state index in [9.17, 15) is 9.59 Å². The van der Waals surface area contributed by atoms with Gasteiger partial charge in [0.2, 0.25) is 11.8 Å². The standard InChI is InChI=1S/C26H31N3O2/c30-23(29-19-25(20-29)13-15-27-16-14-25)18-28-17-7-12-26(24(28)31,21-8-3-1-4-9-21)22-10-5-2-6-11-22/h1-6,8-11,27H,7,12-20H2. The topological polar surface area (TPSA) is 52.7 Å². The van der Waals surface area contributed by atoms with E-state index in [0.717, 1.165) is 63.0 Å². The van der Waals surface area contributed by atoms with Gasteiger partial charge in [-0.3, -0.25) is 9.59 Å². The van der Waals surface area contributed by atoms with Gasteiger partial charge in [-0.25, -0.2) is 0 Å². The molecule has 2 aromatic rings. The predicted octanol–water partition coefficient (Wildman–Crippen LogP) is 2.81. The maximum atomic E-state index is 14.0. The van der Waals surface area contributed by atoms with Crippen LogP contribution >= 0.6 is 0 Å². The third kappa shape index (κ3) is 3.55. The van der Waals surface area contributed by atoms with Crippen LogP contribution in [0, 0.1) is 5.41 Å². The number of hydrogen-bond acceptors (Lipinski definition) is 3. The second-order valence-electron chi connectivity index (χ2n) is 9.47. The summed E-state index contributed by atoms with van der Waals surface area (Å²) >= 11 is 0. The highest BCUT2D eigenvalue weighted by atomic mass is 16.2. The average Bonchev–Trinajstić information content (AvgIpc) is 2.80. The fraction of sp³-hybridized carbons (Fsp3) is 0.462. The highest BCUT2D eigenvalue weighted by Crippen LogP contribution is 2.42. The molecule has 3 saturated heterocycles. The van der Waals surface area contributed by atoms with Crippen molar-refractivity contribution in [1.82, 2.24) is 15.1 Å². The summed E-state index contributed by atoms with van der Waals surface area (Å²) in [5.74, 6) is 0.149. The minimum Gasteiger partial charge on any atom is -0.340 e. The molecule has 5 heteroatoms. The van der Waals surface area contributed by atoms with Gasteiger partial charge in [0.05, 0.1) is 12.0 Å². The molecule has 3 fully saturated rings. The molecule has 2 amide bonds. The molecule has 3 heterocycles. The molecule has 31 heavy (non-hydrogen) atoms. The fourth-order valence-electron chi connectivity index (χ4n) is 5.79. The van der Waals surface area contributed by atoms with Crippen molar-refractivity contribution in [3.05, 3.63) is 71.8 Å². The zero-order chi connectivity index (χ0) is 21.3. The summed E-state index contributed by atoms with van der Waals surface area (Å²) < 4.78 is 0. The molecule has 2 aromatic carbocycles. The third-order valence-corrected chi connectivity index (χ3v) is 7.56. The number of benzene rings is 2. The van der Waals surface area contributed by atoms with Gasteiger partial charge in [-0.05, 0) is 49.9 Å². The second-order valence-corrected chi connectivity index (χ2v) is 9.47. The Bertz CT molecular complexity index is 890. The van der Waals surface area contributed by atoms with Crippen molar-refractivity contribution in [3.8, 4) is 0 Å². The molecule has 0 saturated carbocycles. The van der Waals surface area contributed by atoms with Gasteiger partial charge in [0.15, 0.2) is 0 Å². The van der Waals surface area contributed by atoms with E-state index in [1.165, 1.54) is 0 Å². The first-order valence-electron chi connectivity index (χ1n) is 11.5. The van der Waals surface area contributed by atoms with E-state index in [1.54, 1.807) is 4.90 Å². The van der Waals surface area contributed by atoms with Crippen LogP contribution < -0.4 is 5.32 Å². The number of piperidine rings is 2. The molecule has 0 aromatic heterocycles. The van der Waals surface area contributed by atoms with Gasteiger partial charge in [0, 0.05) is 25.0 Å². The minimum atomic E-state index is -0.716. The molecule has 0 aliphatic carbocycles. The summed E-state index contributed by atoms with van der Waals surface area (Å²) in [6.45, 7) is 4.62. The van der Waals surface area contributed by atoms with E-state index < -0.39 is 5.41 Å². The van der Waals surface area contributed by atoms with Crippen LogP contribution in [-0.2, 0) is 15.0 Å². The molecule has 1 N–H and O–H groups in total. The van der Waals surface area contributed by atoms with Gasteiger partial charge < -0.3 is 15.1 Å². The van der Waals surface area contributed by atoms with Crippen molar-refractivity contribution in [2.24, 2.45) is 5.41 Å². The van der Waals surface area contributed by atoms with Gasteiger partial charge >= 0.3 is 0 Å². The number of carbonyl (C=O) groups is 2. The summed E-state index contributed by atoms with van der Waals surface area (Å²) in [7, 11) is 0. The Morgan fingerprint density at radius 1 is 0.871 bits per heavy atom. The molecular weight excluding hydrogens is 386 g/mol. The first-order valence-corrected chi connectivity index (χ1v) is 11.5. The summed E-state index contributed by atoms with van der Waals surface area (Å²) in [6.07, 6.45) is 3.94. The van der Waals surface area contributed by atoms with Crippen LogP contribution in [-0.4, -0.2) is 60.9 Å². The van der Waals surface area contributed by atoms with E-state index in [2.05, 4.69) is 5.32 Å².